The lowest BCUT2D eigenvalue weighted by Gasteiger charge is -2.07. The van der Waals surface area contributed by atoms with Crippen LogP contribution in [0, 0.1) is 0 Å². The molecule has 0 unspecified atom stereocenters. The Morgan fingerprint density at radius 1 is 1.12 bits per heavy atom. The third-order valence-corrected chi connectivity index (χ3v) is 2.99. The summed E-state index contributed by atoms with van der Waals surface area (Å²) < 4.78 is 0. The molecule has 0 amide bonds. The highest BCUT2D eigenvalue weighted by Gasteiger charge is 2.00. The molecule has 88 valence electrons. The van der Waals surface area contributed by atoms with Crippen molar-refractivity contribution < 1.29 is 0 Å². The lowest BCUT2D eigenvalue weighted by Crippen LogP contribution is -1.88. The molecule has 0 fully saturated rings. The predicted octanol–water partition coefficient (Wildman–Crippen LogP) is 5.23. The van der Waals surface area contributed by atoms with Gasteiger partial charge in [0.1, 0.15) is 0 Å². The molecule has 1 aromatic carbocycles. The summed E-state index contributed by atoms with van der Waals surface area (Å²) in [5, 5.41) is 0. The number of rotatable bonds is 7. The molecule has 0 bridgehead atoms. The summed E-state index contributed by atoms with van der Waals surface area (Å²) in [6.45, 7) is 8.65. The zero-order chi connectivity index (χ0) is 11.8. The predicted molar refractivity (Wildman–Crippen MR) is 73.6 cm³/mol. The van der Waals surface area contributed by atoms with Gasteiger partial charge in [-0.25, -0.2) is 0 Å². The van der Waals surface area contributed by atoms with Gasteiger partial charge in [-0.2, -0.15) is 0 Å². The normalized spacial score (nSPS) is 10.4. The van der Waals surface area contributed by atoms with Crippen molar-refractivity contribution in [3.63, 3.8) is 0 Å². The largest absolute Gasteiger partial charge is 0.0952 e. The number of aryl methyl sites for hydroxylation is 1. The van der Waals surface area contributed by atoms with E-state index in [4.69, 9.17) is 0 Å². The summed E-state index contributed by atoms with van der Waals surface area (Å²) >= 11 is 0. The topological polar surface area (TPSA) is 0 Å². The first kappa shape index (κ1) is 13.0. The van der Waals surface area contributed by atoms with Crippen molar-refractivity contribution >= 4 is 5.57 Å². The fraction of sp³-hybridized carbons (Fsp3) is 0.500. The Balaban J connectivity index is 2.62. The Labute approximate surface area is 100 Å². The molecule has 0 atom stereocenters. The van der Waals surface area contributed by atoms with Crippen LogP contribution in [0.1, 0.15) is 57.1 Å². The summed E-state index contributed by atoms with van der Waals surface area (Å²) in [4.78, 5) is 0. The van der Waals surface area contributed by atoms with E-state index in [0.717, 1.165) is 6.42 Å². The van der Waals surface area contributed by atoms with Gasteiger partial charge in [-0.05, 0) is 42.4 Å². The van der Waals surface area contributed by atoms with Crippen LogP contribution in [-0.4, -0.2) is 0 Å². The first-order valence-corrected chi connectivity index (χ1v) is 6.55. The number of hydrogen-bond donors (Lipinski definition) is 0. The molecule has 16 heavy (non-hydrogen) atoms. The second kappa shape index (κ2) is 7.27. The van der Waals surface area contributed by atoms with Crippen LogP contribution in [0.4, 0.5) is 0 Å². The van der Waals surface area contributed by atoms with Crippen molar-refractivity contribution in [1.29, 1.82) is 0 Å². The summed E-state index contributed by atoms with van der Waals surface area (Å²) in [7, 11) is 0. The molecule has 0 aliphatic carbocycles. The maximum absolute atomic E-state index is 4.18. The molecule has 0 aliphatic rings. The lowest BCUT2D eigenvalue weighted by atomic mass is 9.98. The van der Waals surface area contributed by atoms with Crippen molar-refractivity contribution in [1.82, 2.24) is 0 Å². The van der Waals surface area contributed by atoms with E-state index in [1.807, 2.05) is 0 Å². The van der Waals surface area contributed by atoms with E-state index in [1.165, 1.54) is 48.8 Å². The molecule has 0 heteroatoms. The molecule has 0 spiro atoms. The summed E-state index contributed by atoms with van der Waals surface area (Å²) in [6, 6.07) is 8.89. The molecule has 0 saturated carbocycles. The van der Waals surface area contributed by atoms with E-state index in [1.54, 1.807) is 0 Å². The number of unbranched alkanes of at least 4 members (excludes halogenated alkanes) is 2. The van der Waals surface area contributed by atoms with Crippen LogP contribution in [0.25, 0.3) is 5.57 Å². The molecule has 0 aromatic heterocycles. The molecule has 0 aliphatic heterocycles. The minimum Gasteiger partial charge on any atom is -0.0952 e. The first-order valence-electron chi connectivity index (χ1n) is 6.55. The fourth-order valence-electron chi connectivity index (χ4n) is 1.86. The number of hydrogen-bond acceptors (Lipinski definition) is 0. The van der Waals surface area contributed by atoms with Gasteiger partial charge in [-0.15, -0.1) is 0 Å². The van der Waals surface area contributed by atoms with Gasteiger partial charge in [0.25, 0.3) is 0 Å². The van der Waals surface area contributed by atoms with E-state index < -0.39 is 0 Å². The summed E-state index contributed by atoms with van der Waals surface area (Å²) in [5.41, 5.74) is 4.08. The zero-order valence-electron chi connectivity index (χ0n) is 10.8. The van der Waals surface area contributed by atoms with Crippen molar-refractivity contribution in [2.75, 3.05) is 0 Å². The van der Waals surface area contributed by atoms with Crippen LogP contribution in [0.3, 0.4) is 0 Å². The van der Waals surface area contributed by atoms with E-state index >= 15 is 0 Å². The standard InChI is InChI=1S/C16H24/c1-4-6-9-14(3)16-12-8-11-15(13-16)10-7-5-2/h8,11-13H,3-7,9-10H2,1-2H3. The second-order valence-corrected chi connectivity index (χ2v) is 4.51. The number of allylic oxidation sites excluding steroid dienone is 1. The average Bonchev–Trinajstić information content (AvgIpc) is 2.33. The molecular formula is C16H24. The Morgan fingerprint density at radius 2 is 1.88 bits per heavy atom. The maximum Gasteiger partial charge on any atom is -0.0228 e. The highest BCUT2D eigenvalue weighted by atomic mass is 14.1. The Bertz CT molecular complexity index is 323. The van der Waals surface area contributed by atoms with E-state index in [0.29, 0.717) is 0 Å². The monoisotopic (exact) mass is 216 g/mol. The highest BCUT2D eigenvalue weighted by molar-refractivity contribution is 5.63. The lowest BCUT2D eigenvalue weighted by molar-refractivity contribution is 0.794. The molecule has 0 N–H and O–H groups in total. The molecule has 0 saturated heterocycles. The SMILES string of the molecule is C=C(CCCC)c1cccc(CCCC)c1. The molecule has 0 radical (unpaired) electrons. The van der Waals surface area contributed by atoms with Crippen LogP contribution < -0.4 is 0 Å². The van der Waals surface area contributed by atoms with Gasteiger partial charge in [0, 0.05) is 0 Å². The maximum atomic E-state index is 4.18. The summed E-state index contributed by atoms with van der Waals surface area (Å²) in [5.74, 6) is 0. The van der Waals surface area contributed by atoms with Crippen molar-refractivity contribution in [3.05, 3.63) is 42.0 Å². The van der Waals surface area contributed by atoms with Crippen LogP contribution in [0.15, 0.2) is 30.8 Å². The van der Waals surface area contributed by atoms with Crippen LogP contribution in [0.2, 0.25) is 0 Å². The van der Waals surface area contributed by atoms with E-state index in [9.17, 15) is 0 Å². The Kier molecular flexibility index (Phi) is 5.92. The van der Waals surface area contributed by atoms with Gasteiger partial charge >= 0.3 is 0 Å². The van der Waals surface area contributed by atoms with Crippen LogP contribution >= 0.6 is 0 Å². The molecule has 1 rings (SSSR count). The quantitative estimate of drug-likeness (QED) is 0.585. The third-order valence-electron chi connectivity index (χ3n) is 2.99. The zero-order valence-corrected chi connectivity index (χ0v) is 10.8. The van der Waals surface area contributed by atoms with Crippen molar-refractivity contribution in [3.8, 4) is 0 Å². The molecule has 1 aromatic rings. The third kappa shape index (κ3) is 4.22. The molecule has 0 nitrogen and oxygen atoms in total. The van der Waals surface area contributed by atoms with Gasteiger partial charge in [-0.1, -0.05) is 57.5 Å². The minimum atomic E-state index is 1.13. The van der Waals surface area contributed by atoms with Gasteiger partial charge in [0.2, 0.25) is 0 Å². The van der Waals surface area contributed by atoms with E-state index in [-0.39, 0.29) is 0 Å². The highest BCUT2D eigenvalue weighted by Crippen LogP contribution is 2.20. The molecular weight excluding hydrogens is 192 g/mol. The smallest absolute Gasteiger partial charge is 0.0228 e. The Morgan fingerprint density at radius 3 is 2.56 bits per heavy atom. The van der Waals surface area contributed by atoms with Crippen LogP contribution in [-0.2, 0) is 6.42 Å². The first-order chi connectivity index (χ1) is 7.77. The molecule has 0 heterocycles. The Hall–Kier alpha value is -1.04. The van der Waals surface area contributed by atoms with Crippen LogP contribution in [0.5, 0.6) is 0 Å². The van der Waals surface area contributed by atoms with Crippen molar-refractivity contribution in [2.24, 2.45) is 0 Å². The second-order valence-electron chi connectivity index (χ2n) is 4.51. The van der Waals surface area contributed by atoms with Gasteiger partial charge in [0.15, 0.2) is 0 Å². The minimum absolute atomic E-state index is 1.13. The van der Waals surface area contributed by atoms with Gasteiger partial charge in [-0.3, -0.25) is 0 Å². The number of benzene rings is 1. The summed E-state index contributed by atoms with van der Waals surface area (Å²) in [6.07, 6.45) is 7.37. The average molecular weight is 216 g/mol. The van der Waals surface area contributed by atoms with Crippen molar-refractivity contribution in [2.45, 2.75) is 52.4 Å². The fourth-order valence-corrected chi connectivity index (χ4v) is 1.86. The van der Waals surface area contributed by atoms with Gasteiger partial charge < -0.3 is 0 Å². The van der Waals surface area contributed by atoms with Gasteiger partial charge in [0.05, 0.1) is 0 Å². The van der Waals surface area contributed by atoms with E-state index in [2.05, 4.69) is 44.7 Å².